The average Bonchev–Trinajstić information content (AvgIpc) is 2.90. The Labute approximate surface area is 105 Å². The number of hydrogen-bond donors (Lipinski definition) is 1. The molecule has 1 fully saturated rings. The number of rotatable bonds is 2. The molecule has 3 rings (SSSR count). The predicted molar refractivity (Wildman–Crippen MR) is 68.4 cm³/mol. The van der Waals surface area contributed by atoms with E-state index in [2.05, 4.69) is 9.97 Å². The minimum atomic E-state index is 0.0335. The summed E-state index contributed by atoms with van der Waals surface area (Å²) in [6.45, 7) is 0.784. The Hall–Kier alpha value is -1.88. The molecule has 2 N–H and O–H groups in total. The van der Waals surface area contributed by atoms with E-state index in [1.807, 2.05) is 18.2 Å². The lowest BCUT2D eigenvalue weighted by Gasteiger charge is -2.12. The number of fused-ring (bicyclic) bond motifs is 1. The third-order valence-corrected chi connectivity index (χ3v) is 3.19. The standard InChI is InChI=1S/C13H15N3O2/c1-17-8-4-5-9-10(7-8)15-13(14)16-12(9)11-3-2-6-18-11/h4-5,7,11H,2-3,6H2,1H3,(H2,14,15,16). The van der Waals surface area contributed by atoms with Crippen molar-refractivity contribution < 1.29 is 9.47 Å². The zero-order chi connectivity index (χ0) is 12.5. The molecule has 0 amide bonds. The first kappa shape index (κ1) is 11.2. The van der Waals surface area contributed by atoms with Crippen LogP contribution in [0.4, 0.5) is 5.95 Å². The second-order valence-corrected chi connectivity index (χ2v) is 4.35. The maximum atomic E-state index is 5.77. The largest absolute Gasteiger partial charge is 0.497 e. The third-order valence-electron chi connectivity index (χ3n) is 3.19. The molecule has 0 spiro atoms. The van der Waals surface area contributed by atoms with Gasteiger partial charge in [-0.15, -0.1) is 0 Å². The maximum Gasteiger partial charge on any atom is 0.220 e. The number of hydrogen-bond acceptors (Lipinski definition) is 5. The molecule has 5 nitrogen and oxygen atoms in total. The van der Waals surface area contributed by atoms with Crippen molar-refractivity contribution in [1.29, 1.82) is 0 Å². The van der Waals surface area contributed by atoms with Crippen LogP contribution >= 0.6 is 0 Å². The van der Waals surface area contributed by atoms with Crippen LogP contribution in [0.25, 0.3) is 10.9 Å². The average molecular weight is 245 g/mol. The fourth-order valence-corrected chi connectivity index (χ4v) is 2.32. The number of nitrogen functional groups attached to an aromatic ring is 1. The van der Waals surface area contributed by atoms with Gasteiger partial charge in [0, 0.05) is 18.1 Å². The van der Waals surface area contributed by atoms with E-state index in [9.17, 15) is 0 Å². The summed E-state index contributed by atoms with van der Waals surface area (Å²) in [6, 6.07) is 5.73. The van der Waals surface area contributed by atoms with Gasteiger partial charge in [-0.2, -0.15) is 0 Å². The molecule has 0 aliphatic carbocycles. The van der Waals surface area contributed by atoms with Crippen LogP contribution in [0.5, 0.6) is 5.75 Å². The Morgan fingerprint density at radius 3 is 3.00 bits per heavy atom. The van der Waals surface area contributed by atoms with E-state index in [1.165, 1.54) is 0 Å². The first-order chi connectivity index (χ1) is 8.78. The van der Waals surface area contributed by atoms with Crippen molar-refractivity contribution in [3.8, 4) is 5.75 Å². The van der Waals surface area contributed by atoms with Crippen molar-refractivity contribution in [2.45, 2.75) is 18.9 Å². The van der Waals surface area contributed by atoms with Crippen LogP contribution in [0.1, 0.15) is 24.6 Å². The minimum absolute atomic E-state index is 0.0335. The van der Waals surface area contributed by atoms with E-state index < -0.39 is 0 Å². The molecule has 2 heterocycles. The lowest BCUT2D eigenvalue weighted by atomic mass is 10.1. The van der Waals surface area contributed by atoms with Crippen LogP contribution in [0.15, 0.2) is 18.2 Å². The van der Waals surface area contributed by atoms with Crippen molar-refractivity contribution in [2.24, 2.45) is 0 Å². The Morgan fingerprint density at radius 2 is 2.28 bits per heavy atom. The fourth-order valence-electron chi connectivity index (χ4n) is 2.32. The first-order valence-corrected chi connectivity index (χ1v) is 6.00. The van der Waals surface area contributed by atoms with Crippen LogP contribution in [-0.4, -0.2) is 23.7 Å². The zero-order valence-electron chi connectivity index (χ0n) is 10.2. The molecule has 1 saturated heterocycles. The SMILES string of the molecule is COc1ccc2c(C3CCCO3)nc(N)nc2c1. The van der Waals surface area contributed by atoms with E-state index in [1.54, 1.807) is 7.11 Å². The van der Waals surface area contributed by atoms with Gasteiger partial charge in [0.25, 0.3) is 0 Å². The highest BCUT2D eigenvalue weighted by Crippen LogP contribution is 2.33. The van der Waals surface area contributed by atoms with Gasteiger partial charge < -0.3 is 15.2 Å². The minimum Gasteiger partial charge on any atom is -0.497 e. The fraction of sp³-hybridized carbons (Fsp3) is 0.385. The van der Waals surface area contributed by atoms with Crippen molar-refractivity contribution >= 4 is 16.9 Å². The van der Waals surface area contributed by atoms with Crippen molar-refractivity contribution in [2.75, 3.05) is 19.5 Å². The molecule has 0 bridgehead atoms. The number of anilines is 1. The second-order valence-electron chi connectivity index (χ2n) is 4.35. The number of aromatic nitrogens is 2. The summed E-state index contributed by atoms with van der Waals surface area (Å²) >= 11 is 0. The number of methoxy groups -OCH3 is 1. The molecule has 94 valence electrons. The van der Waals surface area contributed by atoms with Crippen molar-refractivity contribution in [3.63, 3.8) is 0 Å². The number of nitrogens with two attached hydrogens (primary N) is 1. The number of nitrogens with zero attached hydrogens (tertiary/aromatic N) is 2. The number of ether oxygens (including phenoxy) is 2. The Bertz CT molecular complexity index is 580. The Morgan fingerprint density at radius 1 is 1.39 bits per heavy atom. The van der Waals surface area contributed by atoms with Crippen LogP contribution in [0.3, 0.4) is 0 Å². The summed E-state index contributed by atoms with van der Waals surface area (Å²) in [4.78, 5) is 8.59. The lowest BCUT2D eigenvalue weighted by molar-refractivity contribution is 0.110. The molecule has 0 radical (unpaired) electrons. The molecule has 5 heteroatoms. The molecule has 1 atom stereocenters. The predicted octanol–water partition coefficient (Wildman–Crippen LogP) is 2.07. The summed E-state index contributed by atoms with van der Waals surface area (Å²) in [5, 5.41) is 0.983. The lowest BCUT2D eigenvalue weighted by Crippen LogP contribution is -2.05. The molecule has 0 saturated carbocycles. The first-order valence-electron chi connectivity index (χ1n) is 6.00. The van der Waals surface area contributed by atoms with Crippen LogP contribution in [0, 0.1) is 0 Å². The molecule has 1 aliphatic heterocycles. The molecular formula is C13H15N3O2. The number of benzene rings is 1. The molecule has 1 aromatic heterocycles. The second kappa shape index (κ2) is 4.42. The smallest absolute Gasteiger partial charge is 0.220 e. The third kappa shape index (κ3) is 1.86. The van der Waals surface area contributed by atoms with E-state index in [4.69, 9.17) is 15.2 Å². The zero-order valence-corrected chi connectivity index (χ0v) is 10.2. The summed E-state index contributed by atoms with van der Waals surface area (Å²) in [6.07, 6.45) is 2.08. The molecule has 1 aliphatic rings. The van der Waals surface area contributed by atoms with E-state index in [-0.39, 0.29) is 12.1 Å². The Kier molecular flexibility index (Phi) is 2.76. The molecular weight excluding hydrogens is 230 g/mol. The summed E-state index contributed by atoms with van der Waals surface area (Å²) in [5.41, 5.74) is 7.45. The molecule has 1 unspecified atom stereocenters. The van der Waals surface area contributed by atoms with Gasteiger partial charge >= 0.3 is 0 Å². The highest BCUT2D eigenvalue weighted by atomic mass is 16.5. The van der Waals surface area contributed by atoms with Crippen LogP contribution in [0.2, 0.25) is 0 Å². The van der Waals surface area contributed by atoms with Gasteiger partial charge in [-0.3, -0.25) is 0 Å². The van der Waals surface area contributed by atoms with Gasteiger partial charge in [-0.1, -0.05) is 0 Å². The van der Waals surface area contributed by atoms with Gasteiger partial charge in [-0.05, 0) is 25.0 Å². The highest BCUT2D eigenvalue weighted by Gasteiger charge is 2.22. The molecule has 18 heavy (non-hydrogen) atoms. The van der Waals surface area contributed by atoms with E-state index >= 15 is 0 Å². The topological polar surface area (TPSA) is 70.3 Å². The van der Waals surface area contributed by atoms with Crippen LogP contribution < -0.4 is 10.5 Å². The summed E-state index contributed by atoms with van der Waals surface area (Å²) in [7, 11) is 1.63. The highest BCUT2D eigenvalue weighted by molar-refractivity contribution is 5.83. The van der Waals surface area contributed by atoms with Gasteiger partial charge in [0.15, 0.2) is 0 Å². The summed E-state index contributed by atoms with van der Waals surface area (Å²) < 4.78 is 10.9. The van der Waals surface area contributed by atoms with Crippen molar-refractivity contribution in [3.05, 3.63) is 23.9 Å². The van der Waals surface area contributed by atoms with Crippen LogP contribution in [-0.2, 0) is 4.74 Å². The molecule has 1 aromatic carbocycles. The Balaban J connectivity index is 2.17. The van der Waals surface area contributed by atoms with Gasteiger partial charge in [-0.25, -0.2) is 9.97 Å². The van der Waals surface area contributed by atoms with Gasteiger partial charge in [0.2, 0.25) is 5.95 Å². The monoisotopic (exact) mass is 245 g/mol. The van der Waals surface area contributed by atoms with E-state index in [0.29, 0.717) is 0 Å². The quantitative estimate of drug-likeness (QED) is 0.877. The molecule has 2 aromatic rings. The van der Waals surface area contributed by atoms with Gasteiger partial charge in [0.1, 0.15) is 11.9 Å². The van der Waals surface area contributed by atoms with Crippen molar-refractivity contribution in [1.82, 2.24) is 9.97 Å². The summed E-state index contributed by atoms with van der Waals surface area (Å²) in [5.74, 6) is 1.04. The maximum absolute atomic E-state index is 5.77. The van der Waals surface area contributed by atoms with Gasteiger partial charge in [0.05, 0.1) is 18.3 Å². The normalized spacial score (nSPS) is 19.3. The van der Waals surface area contributed by atoms with E-state index in [0.717, 1.165) is 41.8 Å².